The molecule has 0 amide bonds. The molecule has 0 radical (unpaired) electrons. The van der Waals surface area contributed by atoms with Gasteiger partial charge in [0, 0.05) is 11.6 Å². The summed E-state index contributed by atoms with van der Waals surface area (Å²) >= 11 is 0. The van der Waals surface area contributed by atoms with E-state index in [4.69, 9.17) is 0 Å². The Bertz CT molecular complexity index is 1030. The molecular formula is C23H19NO2. The second-order valence-corrected chi connectivity index (χ2v) is 6.45. The largest absolute Gasteiger partial charge is 0.372 e. The SMILES string of the molecule is Cc1cn(C(=O)C(O)(c2ccccc2)c2ccccc2)c2ccccc12. The number of rotatable bonds is 3. The van der Waals surface area contributed by atoms with Gasteiger partial charge in [0.25, 0.3) is 5.91 Å². The molecule has 0 unspecified atom stereocenters. The summed E-state index contributed by atoms with van der Waals surface area (Å²) < 4.78 is 1.56. The smallest absolute Gasteiger partial charge is 0.272 e. The summed E-state index contributed by atoms with van der Waals surface area (Å²) in [5.41, 5.74) is 1.12. The molecule has 0 spiro atoms. The summed E-state index contributed by atoms with van der Waals surface area (Å²) in [6.07, 6.45) is 1.80. The summed E-state index contributed by atoms with van der Waals surface area (Å²) in [6.45, 7) is 1.97. The molecule has 4 aromatic rings. The minimum atomic E-state index is -1.77. The quantitative estimate of drug-likeness (QED) is 0.595. The zero-order chi connectivity index (χ0) is 18.1. The molecule has 1 N–H and O–H groups in total. The van der Waals surface area contributed by atoms with E-state index in [0.717, 1.165) is 16.5 Å². The number of carbonyl (C=O) groups is 1. The number of aryl methyl sites for hydroxylation is 1. The van der Waals surface area contributed by atoms with Crippen LogP contribution >= 0.6 is 0 Å². The van der Waals surface area contributed by atoms with Crippen molar-refractivity contribution in [3.63, 3.8) is 0 Å². The lowest BCUT2D eigenvalue weighted by molar-refractivity contribution is 0.0397. The molecule has 0 bridgehead atoms. The number of benzene rings is 3. The van der Waals surface area contributed by atoms with E-state index in [-0.39, 0.29) is 5.91 Å². The summed E-state index contributed by atoms with van der Waals surface area (Å²) in [5.74, 6) is -0.390. The molecule has 0 atom stereocenters. The van der Waals surface area contributed by atoms with Crippen LogP contribution in [0.3, 0.4) is 0 Å². The number of nitrogens with zero attached hydrogens (tertiary/aromatic N) is 1. The van der Waals surface area contributed by atoms with E-state index < -0.39 is 5.60 Å². The van der Waals surface area contributed by atoms with E-state index >= 15 is 0 Å². The van der Waals surface area contributed by atoms with Gasteiger partial charge in [-0.2, -0.15) is 0 Å². The van der Waals surface area contributed by atoms with Crippen LogP contribution in [0.2, 0.25) is 0 Å². The molecule has 3 aromatic carbocycles. The van der Waals surface area contributed by atoms with E-state index in [1.807, 2.05) is 67.6 Å². The van der Waals surface area contributed by atoms with Crippen molar-refractivity contribution < 1.29 is 9.90 Å². The Hall–Kier alpha value is -3.17. The molecule has 0 aliphatic carbocycles. The Morgan fingerprint density at radius 2 is 1.31 bits per heavy atom. The first kappa shape index (κ1) is 16.3. The highest BCUT2D eigenvalue weighted by Crippen LogP contribution is 2.33. The number of para-hydroxylation sites is 1. The minimum absolute atomic E-state index is 0.390. The van der Waals surface area contributed by atoms with Gasteiger partial charge in [-0.25, -0.2) is 0 Å². The molecular weight excluding hydrogens is 322 g/mol. The van der Waals surface area contributed by atoms with E-state index in [0.29, 0.717) is 11.1 Å². The molecule has 0 fully saturated rings. The van der Waals surface area contributed by atoms with Gasteiger partial charge in [-0.1, -0.05) is 78.9 Å². The molecule has 0 saturated carbocycles. The third kappa shape index (κ3) is 2.45. The van der Waals surface area contributed by atoms with E-state index in [1.165, 1.54) is 0 Å². The van der Waals surface area contributed by atoms with Gasteiger partial charge in [0.2, 0.25) is 0 Å². The molecule has 0 aliphatic heterocycles. The van der Waals surface area contributed by atoms with Crippen molar-refractivity contribution in [3.05, 3.63) is 108 Å². The molecule has 4 rings (SSSR count). The highest BCUT2D eigenvalue weighted by atomic mass is 16.3. The standard InChI is InChI=1S/C23H19NO2/c1-17-16-24(21-15-9-8-14-20(17)21)22(25)23(26,18-10-4-2-5-11-18)19-12-6-3-7-13-19/h2-16,26H,1H3. The molecule has 1 aromatic heterocycles. The first-order valence-electron chi connectivity index (χ1n) is 8.57. The summed E-state index contributed by atoms with van der Waals surface area (Å²) in [5, 5.41) is 12.7. The first-order valence-corrected chi connectivity index (χ1v) is 8.57. The lowest BCUT2D eigenvalue weighted by Crippen LogP contribution is -2.40. The van der Waals surface area contributed by atoms with Crippen molar-refractivity contribution in [2.24, 2.45) is 0 Å². The van der Waals surface area contributed by atoms with Crippen LogP contribution < -0.4 is 0 Å². The van der Waals surface area contributed by atoms with Gasteiger partial charge in [-0.05, 0) is 29.7 Å². The fraction of sp³-hybridized carbons (Fsp3) is 0.0870. The third-order valence-electron chi connectivity index (χ3n) is 4.82. The molecule has 128 valence electrons. The number of aromatic nitrogens is 1. The molecule has 26 heavy (non-hydrogen) atoms. The van der Waals surface area contributed by atoms with Gasteiger partial charge in [-0.3, -0.25) is 9.36 Å². The molecule has 0 saturated heterocycles. The predicted octanol–water partition coefficient (Wildman–Crippen LogP) is 4.53. The van der Waals surface area contributed by atoms with Crippen LogP contribution in [0.1, 0.15) is 21.5 Å². The average molecular weight is 341 g/mol. The molecule has 3 heteroatoms. The Labute approximate surface area is 152 Å². The maximum Gasteiger partial charge on any atom is 0.272 e. The maximum atomic E-state index is 13.6. The Kier molecular flexibility index (Phi) is 3.94. The highest BCUT2D eigenvalue weighted by molar-refractivity contribution is 6.00. The monoisotopic (exact) mass is 341 g/mol. The number of aliphatic hydroxyl groups is 1. The van der Waals surface area contributed by atoms with Gasteiger partial charge < -0.3 is 5.11 Å². The van der Waals surface area contributed by atoms with Crippen LogP contribution in [0, 0.1) is 6.92 Å². The first-order chi connectivity index (χ1) is 12.6. The fourth-order valence-electron chi connectivity index (χ4n) is 3.46. The van der Waals surface area contributed by atoms with Crippen molar-refractivity contribution in [3.8, 4) is 0 Å². The zero-order valence-electron chi connectivity index (χ0n) is 14.5. The Morgan fingerprint density at radius 3 is 1.88 bits per heavy atom. The van der Waals surface area contributed by atoms with Crippen LogP contribution in [-0.2, 0) is 5.60 Å². The summed E-state index contributed by atoms with van der Waals surface area (Å²) in [7, 11) is 0. The lowest BCUT2D eigenvalue weighted by atomic mass is 9.85. The van der Waals surface area contributed by atoms with Gasteiger partial charge in [-0.15, -0.1) is 0 Å². The summed E-state index contributed by atoms with van der Waals surface area (Å²) in [4.78, 5) is 13.6. The Balaban J connectivity index is 1.96. The minimum Gasteiger partial charge on any atom is -0.372 e. The fourth-order valence-corrected chi connectivity index (χ4v) is 3.46. The van der Waals surface area contributed by atoms with Crippen molar-refractivity contribution >= 4 is 16.8 Å². The van der Waals surface area contributed by atoms with Crippen molar-refractivity contribution in [2.45, 2.75) is 12.5 Å². The predicted molar refractivity (Wildman–Crippen MR) is 103 cm³/mol. The van der Waals surface area contributed by atoms with E-state index in [1.54, 1.807) is 35.0 Å². The second-order valence-electron chi connectivity index (χ2n) is 6.45. The molecule has 3 nitrogen and oxygen atoms in total. The van der Waals surface area contributed by atoms with Gasteiger partial charge in [0.1, 0.15) is 0 Å². The van der Waals surface area contributed by atoms with Crippen molar-refractivity contribution in [2.75, 3.05) is 0 Å². The second kappa shape index (κ2) is 6.28. The number of carbonyl (C=O) groups excluding carboxylic acids is 1. The van der Waals surface area contributed by atoms with E-state index in [2.05, 4.69) is 0 Å². The van der Waals surface area contributed by atoms with Crippen molar-refractivity contribution in [1.29, 1.82) is 0 Å². The van der Waals surface area contributed by atoms with Gasteiger partial charge in [0.15, 0.2) is 5.60 Å². The van der Waals surface area contributed by atoms with Gasteiger partial charge in [0.05, 0.1) is 5.52 Å². The zero-order valence-corrected chi connectivity index (χ0v) is 14.5. The molecule has 0 aliphatic rings. The van der Waals surface area contributed by atoms with Crippen LogP contribution in [0.4, 0.5) is 0 Å². The van der Waals surface area contributed by atoms with Crippen LogP contribution in [0.25, 0.3) is 10.9 Å². The lowest BCUT2D eigenvalue weighted by Gasteiger charge is -2.28. The Morgan fingerprint density at radius 1 is 0.808 bits per heavy atom. The van der Waals surface area contributed by atoms with Crippen molar-refractivity contribution in [1.82, 2.24) is 4.57 Å². The highest BCUT2D eigenvalue weighted by Gasteiger charge is 2.41. The van der Waals surface area contributed by atoms with Crippen LogP contribution in [0.5, 0.6) is 0 Å². The van der Waals surface area contributed by atoms with Gasteiger partial charge >= 0.3 is 0 Å². The maximum absolute atomic E-state index is 13.6. The van der Waals surface area contributed by atoms with Crippen LogP contribution in [-0.4, -0.2) is 15.6 Å². The number of hydrogen-bond acceptors (Lipinski definition) is 2. The topological polar surface area (TPSA) is 42.2 Å². The number of hydrogen-bond donors (Lipinski definition) is 1. The van der Waals surface area contributed by atoms with Crippen LogP contribution in [0.15, 0.2) is 91.1 Å². The summed E-state index contributed by atoms with van der Waals surface area (Å²) in [6, 6.07) is 25.9. The normalized spacial score (nSPS) is 11.6. The number of fused-ring (bicyclic) bond motifs is 1. The average Bonchev–Trinajstić information content (AvgIpc) is 3.05. The molecule has 1 heterocycles. The third-order valence-corrected chi connectivity index (χ3v) is 4.82. The van der Waals surface area contributed by atoms with E-state index in [9.17, 15) is 9.90 Å².